The first kappa shape index (κ1) is 19.1. The van der Waals surface area contributed by atoms with E-state index >= 15 is 0 Å². The molecule has 4 heteroatoms. The predicted octanol–water partition coefficient (Wildman–Crippen LogP) is 3.86. The molecular weight excluding hydrogens is 292 g/mol. The lowest BCUT2D eigenvalue weighted by atomic mass is 9.84. The topological polar surface area (TPSA) is 60.4 Å². The van der Waals surface area contributed by atoms with Gasteiger partial charge in [-0.05, 0) is 53.4 Å². The number of allylic oxidation sites excluding steroid dienone is 6. The van der Waals surface area contributed by atoms with Crippen molar-refractivity contribution in [3.05, 3.63) is 33.9 Å². The van der Waals surface area contributed by atoms with E-state index in [1.165, 1.54) is 12.5 Å². The summed E-state index contributed by atoms with van der Waals surface area (Å²) in [6, 6.07) is 0. The normalized spacial score (nSPS) is 16.3. The van der Waals surface area contributed by atoms with Crippen LogP contribution in [0.3, 0.4) is 0 Å². The van der Waals surface area contributed by atoms with Gasteiger partial charge in [-0.3, -0.25) is 14.4 Å². The molecular formula is C19H26O4. The molecule has 0 atom stereocenters. The largest absolute Gasteiger partial charge is 0.466 e. The highest BCUT2D eigenvalue weighted by atomic mass is 16.5. The van der Waals surface area contributed by atoms with Crippen LogP contribution in [0.15, 0.2) is 33.9 Å². The van der Waals surface area contributed by atoms with Gasteiger partial charge in [-0.15, -0.1) is 0 Å². The molecule has 0 radical (unpaired) electrons. The van der Waals surface area contributed by atoms with Crippen LogP contribution in [0.2, 0.25) is 0 Å². The molecule has 0 N–H and O–H groups in total. The Kier molecular flexibility index (Phi) is 7.14. The third-order valence-electron chi connectivity index (χ3n) is 4.24. The number of carbonyl (C=O) groups excluding carboxylic acids is 3. The molecule has 0 aromatic heterocycles. The van der Waals surface area contributed by atoms with Gasteiger partial charge >= 0.3 is 5.97 Å². The van der Waals surface area contributed by atoms with Crippen LogP contribution in [0.5, 0.6) is 0 Å². The number of ether oxygens (including phenoxy) is 1. The first-order valence-electron chi connectivity index (χ1n) is 8.01. The van der Waals surface area contributed by atoms with Crippen molar-refractivity contribution in [1.82, 2.24) is 0 Å². The fourth-order valence-electron chi connectivity index (χ4n) is 2.50. The summed E-state index contributed by atoms with van der Waals surface area (Å²) in [6.45, 7) is 9.02. The zero-order valence-electron chi connectivity index (χ0n) is 14.7. The number of hydrogen-bond donors (Lipinski definition) is 0. The smallest absolute Gasteiger partial charge is 0.302 e. The van der Waals surface area contributed by atoms with Crippen LogP contribution in [0, 0.1) is 0 Å². The minimum Gasteiger partial charge on any atom is -0.466 e. The van der Waals surface area contributed by atoms with Crippen molar-refractivity contribution in [2.24, 2.45) is 0 Å². The number of Topliss-reactive ketones (excluding diaryl/α,β-unsaturated/α-hetero) is 2. The Labute approximate surface area is 138 Å². The van der Waals surface area contributed by atoms with E-state index in [-0.39, 0.29) is 17.5 Å². The van der Waals surface area contributed by atoms with Gasteiger partial charge in [-0.25, -0.2) is 0 Å². The molecule has 0 unspecified atom stereocenters. The van der Waals surface area contributed by atoms with Gasteiger partial charge in [0.25, 0.3) is 0 Å². The monoisotopic (exact) mass is 318 g/mol. The molecule has 0 bridgehead atoms. The maximum atomic E-state index is 12.3. The van der Waals surface area contributed by atoms with Crippen molar-refractivity contribution >= 4 is 17.5 Å². The Morgan fingerprint density at radius 3 is 2.17 bits per heavy atom. The standard InChI is InChI=1S/C19H26O4/c1-12(8-6-7-11-23-16(5)20)9-10-17-15(4)18(21)13(2)14(3)19(17)22/h9H,6-8,10-11H2,1-5H3. The van der Waals surface area contributed by atoms with Crippen LogP contribution in [0.1, 0.15) is 60.3 Å². The summed E-state index contributed by atoms with van der Waals surface area (Å²) < 4.78 is 4.89. The number of ketones is 2. The summed E-state index contributed by atoms with van der Waals surface area (Å²) in [7, 11) is 0. The number of rotatable bonds is 7. The second kappa shape index (κ2) is 8.61. The summed E-state index contributed by atoms with van der Waals surface area (Å²) >= 11 is 0. The maximum Gasteiger partial charge on any atom is 0.302 e. The van der Waals surface area contributed by atoms with Gasteiger partial charge in [0.1, 0.15) is 0 Å². The van der Waals surface area contributed by atoms with Crippen molar-refractivity contribution in [2.45, 2.75) is 60.3 Å². The van der Waals surface area contributed by atoms with E-state index in [0.717, 1.165) is 19.3 Å². The Bertz CT molecular complexity index is 603. The van der Waals surface area contributed by atoms with Crippen molar-refractivity contribution < 1.29 is 19.1 Å². The highest BCUT2D eigenvalue weighted by molar-refractivity contribution is 6.24. The summed E-state index contributed by atoms with van der Waals surface area (Å²) in [5.41, 5.74) is 3.47. The summed E-state index contributed by atoms with van der Waals surface area (Å²) in [5, 5.41) is 0. The first-order chi connectivity index (χ1) is 10.8. The van der Waals surface area contributed by atoms with Crippen LogP contribution >= 0.6 is 0 Å². The lowest BCUT2D eigenvalue weighted by Gasteiger charge is -2.17. The van der Waals surface area contributed by atoms with E-state index in [1.54, 1.807) is 20.8 Å². The molecule has 126 valence electrons. The van der Waals surface area contributed by atoms with Crippen LogP contribution in [0.25, 0.3) is 0 Å². The van der Waals surface area contributed by atoms with E-state index in [1.807, 2.05) is 13.0 Å². The lowest BCUT2D eigenvalue weighted by molar-refractivity contribution is -0.141. The average Bonchev–Trinajstić information content (AvgIpc) is 2.50. The molecule has 1 aliphatic carbocycles. The van der Waals surface area contributed by atoms with E-state index in [9.17, 15) is 14.4 Å². The van der Waals surface area contributed by atoms with Gasteiger partial charge in [0.05, 0.1) is 6.61 Å². The van der Waals surface area contributed by atoms with Crippen molar-refractivity contribution in [2.75, 3.05) is 6.61 Å². The molecule has 0 saturated heterocycles. The summed E-state index contributed by atoms with van der Waals surface area (Å²) in [6.07, 6.45) is 5.16. The highest BCUT2D eigenvalue weighted by Crippen LogP contribution is 2.27. The SMILES string of the molecule is CC(=O)OCCCCC(C)=CCC1=C(C)C(=O)C(C)=C(C)C1=O. The number of hydrogen-bond acceptors (Lipinski definition) is 4. The summed E-state index contributed by atoms with van der Waals surface area (Å²) in [5.74, 6) is -0.290. The number of unbranched alkanes of at least 4 members (excludes halogenated alkanes) is 1. The molecule has 0 heterocycles. The molecule has 0 amide bonds. The average molecular weight is 318 g/mol. The Morgan fingerprint density at radius 2 is 1.57 bits per heavy atom. The molecule has 0 aromatic rings. The lowest BCUT2D eigenvalue weighted by Crippen LogP contribution is -2.20. The number of carbonyl (C=O) groups is 3. The van der Waals surface area contributed by atoms with Gasteiger partial charge < -0.3 is 4.74 Å². The minimum atomic E-state index is -0.251. The minimum absolute atomic E-state index is 0.0153. The third kappa shape index (κ3) is 5.31. The molecule has 0 aromatic carbocycles. The fourth-order valence-corrected chi connectivity index (χ4v) is 2.50. The zero-order chi connectivity index (χ0) is 17.6. The van der Waals surface area contributed by atoms with E-state index < -0.39 is 0 Å². The molecule has 1 aliphatic rings. The fraction of sp³-hybridized carbons (Fsp3) is 0.526. The van der Waals surface area contributed by atoms with Gasteiger partial charge in [-0.1, -0.05) is 11.6 Å². The Morgan fingerprint density at radius 1 is 0.957 bits per heavy atom. The van der Waals surface area contributed by atoms with E-state index in [0.29, 0.717) is 35.3 Å². The predicted molar refractivity (Wildman–Crippen MR) is 89.9 cm³/mol. The highest BCUT2D eigenvalue weighted by Gasteiger charge is 2.26. The van der Waals surface area contributed by atoms with Gasteiger partial charge in [-0.2, -0.15) is 0 Å². The molecule has 0 aliphatic heterocycles. The van der Waals surface area contributed by atoms with Crippen molar-refractivity contribution in [3.8, 4) is 0 Å². The molecule has 23 heavy (non-hydrogen) atoms. The maximum absolute atomic E-state index is 12.3. The quantitative estimate of drug-likeness (QED) is 0.309. The van der Waals surface area contributed by atoms with Gasteiger partial charge in [0.2, 0.25) is 0 Å². The van der Waals surface area contributed by atoms with Gasteiger partial charge in [0, 0.05) is 29.2 Å². The third-order valence-corrected chi connectivity index (χ3v) is 4.24. The molecule has 0 fully saturated rings. The first-order valence-corrected chi connectivity index (χ1v) is 8.01. The van der Waals surface area contributed by atoms with Crippen molar-refractivity contribution in [1.29, 1.82) is 0 Å². The van der Waals surface area contributed by atoms with E-state index in [2.05, 4.69) is 0 Å². The van der Waals surface area contributed by atoms with Crippen molar-refractivity contribution in [3.63, 3.8) is 0 Å². The van der Waals surface area contributed by atoms with Crippen LogP contribution in [-0.2, 0) is 19.1 Å². The van der Waals surface area contributed by atoms with Crippen LogP contribution < -0.4 is 0 Å². The molecule has 4 nitrogen and oxygen atoms in total. The molecule has 0 spiro atoms. The van der Waals surface area contributed by atoms with Crippen LogP contribution in [0.4, 0.5) is 0 Å². The zero-order valence-corrected chi connectivity index (χ0v) is 14.7. The Balaban J connectivity index is 2.57. The second-order valence-corrected chi connectivity index (χ2v) is 6.06. The second-order valence-electron chi connectivity index (χ2n) is 6.06. The Hall–Kier alpha value is -1.97. The molecule has 0 saturated carbocycles. The van der Waals surface area contributed by atoms with E-state index in [4.69, 9.17) is 4.74 Å². The van der Waals surface area contributed by atoms with Crippen LogP contribution in [-0.4, -0.2) is 24.1 Å². The number of esters is 1. The summed E-state index contributed by atoms with van der Waals surface area (Å²) in [4.78, 5) is 35.1. The molecule has 1 rings (SSSR count). The van der Waals surface area contributed by atoms with Gasteiger partial charge in [0.15, 0.2) is 11.6 Å².